The van der Waals surface area contributed by atoms with Gasteiger partial charge < -0.3 is 10.4 Å². The molecule has 0 aliphatic carbocycles. The number of hydrogen-bond donors (Lipinski definition) is 2. The van der Waals surface area contributed by atoms with Crippen molar-refractivity contribution in [1.82, 2.24) is 20.0 Å². The molecule has 7 heteroatoms. The molecule has 92 valence electrons. The van der Waals surface area contributed by atoms with Gasteiger partial charge in [-0.3, -0.25) is 19.2 Å². The number of carbonyl (C=O) groups excluding carboxylic acids is 1. The van der Waals surface area contributed by atoms with E-state index < -0.39 is 12.0 Å². The Kier molecular flexibility index (Phi) is 3.10. The van der Waals surface area contributed by atoms with Crippen molar-refractivity contribution in [1.29, 1.82) is 0 Å². The van der Waals surface area contributed by atoms with Gasteiger partial charge in [-0.2, -0.15) is 5.10 Å². The van der Waals surface area contributed by atoms with Crippen molar-refractivity contribution < 1.29 is 14.7 Å². The molecule has 1 atom stereocenters. The van der Waals surface area contributed by atoms with Crippen molar-refractivity contribution in [2.24, 2.45) is 7.05 Å². The van der Waals surface area contributed by atoms with Crippen molar-refractivity contribution >= 4 is 11.9 Å². The van der Waals surface area contributed by atoms with E-state index in [4.69, 9.17) is 5.11 Å². The van der Waals surface area contributed by atoms with Crippen LogP contribution in [0.15, 0.2) is 12.4 Å². The average molecular weight is 238 g/mol. The van der Waals surface area contributed by atoms with E-state index in [0.717, 1.165) is 5.56 Å². The first-order chi connectivity index (χ1) is 8.06. The van der Waals surface area contributed by atoms with Crippen LogP contribution in [0.4, 0.5) is 0 Å². The van der Waals surface area contributed by atoms with Crippen LogP contribution in [0.5, 0.6) is 0 Å². The summed E-state index contributed by atoms with van der Waals surface area (Å²) < 4.78 is 1.65. The Morgan fingerprint density at radius 1 is 1.71 bits per heavy atom. The van der Waals surface area contributed by atoms with E-state index in [1.165, 1.54) is 0 Å². The van der Waals surface area contributed by atoms with Crippen LogP contribution in [-0.4, -0.2) is 50.8 Å². The summed E-state index contributed by atoms with van der Waals surface area (Å²) in [5.74, 6) is -1.07. The second-order valence-electron chi connectivity index (χ2n) is 4.09. The fourth-order valence-corrected chi connectivity index (χ4v) is 1.89. The molecule has 0 bridgehead atoms. The molecule has 1 aliphatic rings. The SMILES string of the molecule is Cn1cc(CN2CC(=O)NCC2C(=O)O)cn1. The Labute approximate surface area is 98.0 Å². The smallest absolute Gasteiger partial charge is 0.322 e. The van der Waals surface area contributed by atoms with E-state index in [9.17, 15) is 9.59 Å². The maximum Gasteiger partial charge on any atom is 0.322 e. The molecule has 1 saturated heterocycles. The van der Waals surface area contributed by atoms with Crippen LogP contribution in [0.2, 0.25) is 0 Å². The van der Waals surface area contributed by atoms with Gasteiger partial charge in [0.25, 0.3) is 0 Å². The van der Waals surface area contributed by atoms with Gasteiger partial charge in [-0.1, -0.05) is 0 Å². The number of aromatic nitrogens is 2. The first kappa shape index (κ1) is 11.6. The highest BCUT2D eigenvalue weighted by Crippen LogP contribution is 2.10. The van der Waals surface area contributed by atoms with Gasteiger partial charge in [0.15, 0.2) is 0 Å². The Balaban J connectivity index is 2.09. The Bertz CT molecular complexity index is 443. The van der Waals surface area contributed by atoms with Gasteiger partial charge in [0.1, 0.15) is 6.04 Å². The number of carboxylic acids is 1. The predicted octanol–water partition coefficient (Wildman–Crippen LogP) is -1.19. The molecule has 0 aromatic carbocycles. The monoisotopic (exact) mass is 238 g/mol. The zero-order valence-electron chi connectivity index (χ0n) is 9.46. The van der Waals surface area contributed by atoms with Crippen LogP contribution in [0.25, 0.3) is 0 Å². The second-order valence-corrected chi connectivity index (χ2v) is 4.09. The minimum Gasteiger partial charge on any atom is -0.480 e. The van der Waals surface area contributed by atoms with Gasteiger partial charge in [-0.05, 0) is 0 Å². The number of carbonyl (C=O) groups is 2. The maximum absolute atomic E-state index is 11.3. The minimum absolute atomic E-state index is 0.103. The molecule has 1 aromatic heterocycles. The lowest BCUT2D eigenvalue weighted by molar-refractivity contribution is -0.146. The minimum atomic E-state index is -0.922. The Morgan fingerprint density at radius 3 is 3.06 bits per heavy atom. The van der Waals surface area contributed by atoms with Crippen molar-refractivity contribution in [3.8, 4) is 0 Å². The standard InChI is InChI=1S/C10H14N4O3/c1-13-4-7(2-12-13)5-14-6-9(15)11-3-8(14)10(16)17/h2,4,8H,3,5-6H2,1H3,(H,11,15)(H,16,17). The molecule has 1 aliphatic heterocycles. The highest BCUT2D eigenvalue weighted by Gasteiger charge is 2.31. The quantitative estimate of drug-likeness (QED) is 0.691. The van der Waals surface area contributed by atoms with Gasteiger partial charge in [0.2, 0.25) is 5.91 Å². The molecule has 7 nitrogen and oxygen atoms in total. The zero-order valence-corrected chi connectivity index (χ0v) is 9.46. The van der Waals surface area contributed by atoms with E-state index in [1.807, 2.05) is 6.20 Å². The number of aliphatic carboxylic acids is 1. The largest absolute Gasteiger partial charge is 0.480 e. The molecule has 2 heterocycles. The Hall–Kier alpha value is -1.89. The number of nitrogens with zero attached hydrogens (tertiary/aromatic N) is 3. The van der Waals surface area contributed by atoms with Gasteiger partial charge in [-0.15, -0.1) is 0 Å². The summed E-state index contributed by atoms with van der Waals surface area (Å²) in [5.41, 5.74) is 0.897. The molecule has 1 unspecified atom stereocenters. The summed E-state index contributed by atoms with van der Waals surface area (Å²) in [6, 6.07) is -0.673. The summed E-state index contributed by atoms with van der Waals surface area (Å²) in [4.78, 5) is 24.0. The number of carboxylic acid groups (broad SMARTS) is 1. The van der Waals surface area contributed by atoms with Crippen molar-refractivity contribution in [2.75, 3.05) is 13.1 Å². The molecule has 1 amide bonds. The van der Waals surface area contributed by atoms with Crippen LogP contribution in [-0.2, 0) is 23.2 Å². The molecule has 17 heavy (non-hydrogen) atoms. The van der Waals surface area contributed by atoms with Crippen molar-refractivity contribution in [3.63, 3.8) is 0 Å². The zero-order chi connectivity index (χ0) is 12.4. The fraction of sp³-hybridized carbons (Fsp3) is 0.500. The summed E-state index contributed by atoms with van der Waals surface area (Å²) in [6.07, 6.45) is 3.48. The van der Waals surface area contributed by atoms with Gasteiger partial charge in [0, 0.05) is 31.9 Å². The number of rotatable bonds is 3. The first-order valence-electron chi connectivity index (χ1n) is 5.27. The van der Waals surface area contributed by atoms with Crippen LogP contribution < -0.4 is 5.32 Å². The number of nitrogens with one attached hydrogen (secondary N) is 1. The third-order valence-corrected chi connectivity index (χ3v) is 2.71. The normalized spacial score (nSPS) is 21.2. The number of amides is 1. The van der Waals surface area contributed by atoms with Crippen LogP contribution >= 0.6 is 0 Å². The highest BCUT2D eigenvalue weighted by atomic mass is 16.4. The first-order valence-corrected chi connectivity index (χ1v) is 5.27. The van der Waals surface area contributed by atoms with Crippen molar-refractivity contribution in [3.05, 3.63) is 18.0 Å². The number of hydrogen-bond acceptors (Lipinski definition) is 4. The van der Waals surface area contributed by atoms with E-state index in [0.29, 0.717) is 6.54 Å². The molecule has 1 aromatic rings. The van der Waals surface area contributed by atoms with Crippen LogP contribution in [0.1, 0.15) is 5.56 Å². The fourth-order valence-electron chi connectivity index (χ4n) is 1.89. The topological polar surface area (TPSA) is 87.5 Å². The highest BCUT2D eigenvalue weighted by molar-refractivity contribution is 5.83. The van der Waals surface area contributed by atoms with Crippen LogP contribution in [0.3, 0.4) is 0 Å². The average Bonchev–Trinajstić information content (AvgIpc) is 2.63. The molecular weight excluding hydrogens is 224 g/mol. The molecule has 0 spiro atoms. The lowest BCUT2D eigenvalue weighted by atomic mass is 10.1. The molecule has 2 rings (SSSR count). The van der Waals surface area contributed by atoms with E-state index >= 15 is 0 Å². The third-order valence-electron chi connectivity index (χ3n) is 2.71. The van der Waals surface area contributed by atoms with E-state index in [2.05, 4.69) is 10.4 Å². The summed E-state index contributed by atoms with van der Waals surface area (Å²) in [7, 11) is 1.79. The summed E-state index contributed by atoms with van der Waals surface area (Å²) >= 11 is 0. The van der Waals surface area contributed by atoms with Gasteiger partial charge in [-0.25, -0.2) is 0 Å². The van der Waals surface area contributed by atoms with Crippen LogP contribution in [0, 0.1) is 0 Å². The number of aryl methyl sites for hydroxylation is 1. The second kappa shape index (κ2) is 4.54. The summed E-state index contributed by atoms with van der Waals surface area (Å²) in [6.45, 7) is 0.665. The van der Waals surface area contributed by atoms with Gasteiger partial charge >= 0.3 is 5.97 Å². The van der Waals surface area contributed by atoms with E-state index in [1.54, 1.807) is 22.8 Å². The third kappa shape index (κ3) is 2.62. The maximum atomic E-state index is 11.3. The van der Waals surface area contributed by atoms with E-state index in [-0.39, 0.29) is 19.0 Å². The molecule has 0 saturated carbocycles. The van der Waals surface area contributed by atoms with Gasteiger partial charge in [0.05, 0.1) is 12.7 Å². The lowest BCUT2D eigenvalue weighted by Gasteiger charge is -2.32. The van der Waals surface area contributed by atoms with Crippen molar-refractivity contribution in [2.45, 2.75) is 12.6 Å². The Morgan fingerprint density at radius 2 is 2.47 bits per heavy atom. The lowest BCUT2D eigenvalue weighted by Crippen LogP contribution is -2.56. The molecular formula is C10H14N4O3. The molecule has 1 fully saturated rings. The predicted molar refractivity (Wildman–Crippen MR) is 58.1 cm³/mol. The molecule has 0 radical (unpaired) electrons. The number of piperazine rings is 1. The summed E-state index contributed by atoms with van der Waals surface area (Å²) in [5, 5.41) is 15.6. The molecule has 2 N–H and O–H groups in total.